The molecule has 1 heterocycles. The first-order valence-corrected chi connectivity index (χ1v) is 3.21. The minimum absolute atomic E-state index is 0.0213. The van der Waals surface area contributed by atoms with Gasteiger partial charge in [-0.15, -0.1) is 0 Å². The van der Waals surface area contributed by atoms with Gasteiger partial charge in [-0.05, 0) is 18.2 Å². The standard InChI is InChI=1S/C9H9NO/c1-3-9-8(7(2)11)5-4-6-10-9/h3-6,11H,1-2H2. The van der Waals surface area contributed by atoms with Crippen LogP contribution < -0.4 is 0 Å². The number of rotatable bonds is 2. The molecule has 0 aliphatic rings. The van der Waals surface area contributed by atoms with Crippen molar-refractivity contribution in [3.63, 3.8) is 0 Å². The molecule has 1 rings (SSSR count). The summed E-state index contributed by atoms with van der Waals surface area (Å²) in [5.74, 6) is 0.0213. The first-order chi connectivity index (χ1) is 5.25. The second-order valence-electron chi connectivity index (χ2n) is 2.09. The van der Waals surface area contributed by atoms with Crippen LogP contribution in [-0.2, 0) is 0 Å². The van der Waals surface area contributed by atoms with Crippen molar-refractivity contribution >= 4 is 11.8 Å². The van der Waals surface area contributed by atoms with Crippen LogP contribution in [0.1, 0.15) is 11.3 Å². The molecule has 0 aliphatic heterocycles. The van der Waals surface area contributed by atoms with Gasteiger partial charge in [-0.3, -0.25) is 4.98 Å². The fourth-order valence-electron chi connectivity index (χ4n) is 0.824. The average Bonchev–Trinajstić information content (AvgIpc) is 2.04. The SMILES string of the molecule is C=Cc1ncccc1C(=C)O. The van der Waals surface area contributed by atoms with Crippen molar-refractivity contribution in [1.29, 1.82) is 0 Å². The first kappa shape index (κ1) is 7.54. The molecule has 0 fully saturated rings. The van der Waals surface area contributed by atoms with Gasteiger partial charge in [0, 0.05) is 11.8 Å². The Morgan fingerprint density at radius 3 is 2.82 bits per heavy atom. The Balaban J connectivity index is 3.22. The summed E-state index contributed by atoms with van der Waals surface area (Å²) < 4.78 is 0. The number of hydrogen-bond acceptors (Lipinski definition) is 2. The summed E-state index contributed by atoms with van der Waals surface area (Å²) in [6.45, 7) is 6.96. The molecule has 1 aromatic rings. The zero-order valence-corrected chi connectivity index (χ0v) is 6.12. The third-order valence-corrected chi connectivity index (χ3v) is 1.34. The van der Waals surface area contributed by atoms with Gasteiger partial charge in [-0.25, -0.2) is 0 Å². The van der Waals surface area contributed by atoms with Crippen molar-refractivity contribution in [2.45, 2.75) is 0 Å². The molecular weight excluding hydrogens is 138 g/mol. The molecule has 1 aromatic heterocycles. The van der Waals surface area contributed by atoms with Crippen LogP contribution in [0.3, 0.4) is 0 Å². The van der Waals surface area contributed by atoms with Crippen molar-refractivity contribution in [3.8, 4) is 0 Å². The molecule has 0 saturated carbocycles. The lowest BCUT2D eigenvalue weighted by molar-refractivity contribution is 0.513. The van der Waals surface area contributed by atoms with E-state index in [4.69, 9.17) is 5.11 Å². The molecule has 1 N–H and O–H groups in total. The van der Waals surface area contributed by atoms with E-state index in [1.165, 1.54) is 0 Å². The van der Waals surface area contributed by atoms with Crippen LogP contribution in [0.25, 0.3) is 11.8 Å². The molecule has 2 nitrogen and oxygen atoms in total. The summed E-state index contributed by atoms with van der Waals surface area (Å²) in [5.41, 5.74) is 1.28. The van der Waals surface area contributed by atoms with E-state index in [1.807, 2.05) is 0 Å². The molecule has 0 bridgehead atoms. The van der Waals surface area contributed by atoms with E-state index in [0.29, 0.717) is 11.3 Å². The number of hydrogen-bond donors (Lipinski definition) is 1. The molecule has 0 aromatic carbocycles. The normalized spacial score (nSPS) is 9.09. The summed E-state index contributed by atoms with van der Waals surface area (Å²) >= 11 is 0. The topological polar surface area (TPSA) is 33.1 Å². The van der Waals surface area contributed by atoms with Gasteiger partial charge in [0.15, 0.2) is 0 Å². The number of nitrogens with zero attached hydrogens (tertiary/aromatic N) is 1. The molecule has 2 heteroatoms. The summed E-state index contributed by atoms with van der Waals surface area (Å²) in [6.07, 6.45) is 3.22. The quantitative estimate of drug-likeness (QED) is 0.651. The van der Waals surface area contributed by atoms with E-state index >= 15 is 0 Å². The Labute approximate surface area is 65.5 Å². The lowest BCUT2D eigenvalue weighted by Gasteiger charge is -2.00. The largest absolute Gasteiger partial charge is 0.508 e. The molecule has 0 spiro atoms. The van der Waals surface area contributed by atoms with Gasteiger partial charge >= 0.3 is 0 Å². The van der Waals surface area contributed by atoms with Crippen LogP contribution in [0.2, 0.25) is 0 Å². The highest BCUT2D eigenvalue weighted by Crippen LogP contribution is 2.13. The van der Waals surface area contributed by atoms with E-state index in [-0.39, 0.29) is 5.76 Å². The van der Waals surface area contributed by atoms with Crippen LogP contribution in [0.5, 0.6) is 0 Å². The van der Waals surface area contributed by atoms with Crippen LogP contribution in [0.4, 0.5) is 0 Å². The maximum absolute atomic E-state index is 9.05. The van der Waals surface area contributed by atoms with E-state index < -0.39 is 0 Å². The minimum atomic E-state index is 0.0213. The number of aliphatic hydroxyl groups is 1. The van der Waals surface area contributed by atoms with E-state index in [0.717, 1.165) is 0 Å². The van der Waals surface area contributed by atoms with Crippen LogP contribution in [0, 0.1) is 0 Å². The Kier molecular flexibility index (Phi) is 2.06. The number of pyridine rings is 1. The summed E-state index contributed by atoms with van der Waals surface area (Å²) in [4.78, 5) is 3.98. The zero-order valence-electron chi connectivity index (χ0n) is 6.12. The second kappa shape index (κ2) is 3.01. The van der Waals surface area contributed by atoms with Crippen LogP contribution in [0.15, 0.2) is 31.5 Å². The van der Waals surface area contributed by atoms with Crippen molar-refractivity contribution in [2.24, 2.45) is 0 Å². The molecule has 0 aliphatic carbocycles. The van der Waals surface area contributed by atoms with E-state index in [2.05, 4.69) is 18.1 Å². The lowest BCUT2D eigenvalue weighted by atomic mass is 10.2. The summed E-state index contributed by atoms with van der Waals surface area (Å²) in [7, 11) is 0. The predicted octanol–water partition coefficient (Wildman–Crippen LogP) is 2.25. The zero-order chi connectivity index (χ0) is 8.27. The third kappa shape index (κ3) is 1.46. The highest BCUT2D eigenvalue weighted by atomic mass is 16.3. The van der Waals surface area contributed by atoms with E-state index in [9.17, 15) is 0 Å². The van der Waals surface area contributed by atoms with Gasteiger partial charge in [-0.1, -0.05) is 13.2 Å². The molecule has 11 heavy (non-hydrogen) atoms. The molecule has 0 unspecified atom stereocenters. The Hall–Kier alpha value is -1.57. The van der Waals surface area contributed by atoms with Gasteiger partial charge in [0.05, 0.1) is 5.69 Å². The molecular formula is C9H9NO. The van der Waals surface area contributed by atoms with Gasteiger partial charge in [-0.2, -0.15) is 0 Å². The number of aliphatic hydroxyl groups excluding tert-OH is 1. The third-order valence-electron chi connectivity index (χ3n) is 1.34. The van der Waals surface area contributed by atoms with Crippen molar-refractivity contribution in [3.05, 3.63) is 42.7 Å². The highest BCUT2D eigenvalue weighted by molar-refractivity contribution is 5.65. The van der Waals surface area contributed by atoms with Crippen LogP contribution in [-0.4, -0.2) is 10.1 Å². The van der Waals surface area contributed by atoms with E-state index in [1.54, 1.807) is 24.4 Å². The molecule has 0 atom stereocenters. The van der Waals surface area contributed by atoms with Crippen LogP contribution >= 0.6 is 0 Å². The van der Waals surface area contributed by atoms with Crippen molar-refractivity contribution < 1.29 is 5.11 Å². The minimum Gasteiger partial charge on any atom is -0.508 e. The highest BCUT2D eigenvalue weighted by Gasteiger charge is 2.00. The molecule has 56 valence electrons. The fraction of sp³-hybridized carbons (Fsp3) is 0. The molecule has 0 radical (unpaired) electrons. The Morgan fingerprint density at radius 1 is 1.64 bits per heavy atom. The van der Waals surface area contributed by atoms with Crippen molar-refractivity contribution in [1.82, 2.24) is 4.98 Å². The van der Waals surface area contributed by atoms with Gasteiger partial charge in [0.25, 0.3) is 0 Å². The van der Waals surface area contributed by atoms with Gasteiger partial charge < -0.3 is 5.11 Å². The Bertz CT molecular complexity index is 291. The van der Waals surface area contributed by atoms with Gasteiger partial charge in [0.2, 0.25) is 0 Å². The average molecular weight is 147 g/mol. The number of aromatic nitrogens is 1. The monoisotopic (exact) mass is 147 g/mol. The maximum Gasteiger partial charge on any atom is 0.117 e. The Morgan fingerprint density at radius 2 is 2.36 bits per heavy atom. The second-order valence-corrected chi connectivity index (χ2v) is 2.09. The molecule has 0 saturated heterocycles. The summed E-state index contributed by atoms with van der Waals surface area (Å²) in [5, 5.41) is 9.05. The first-order valence-electron chi connectivity index (χ1n) is 3.21. The maximum atomic E-state index is 9.05. The predicted molar refractivity (Wildman–Crippen MR) is 46.0 cm³/mol. The van der Waals surface area contributed by atoms with Gasteiger partial charge in [0.1, 0.15) is 5.76 Å². The molecule has 0 amide bonds. The van der Waals surface area contributed by atoms with Crippen molar-refractivity contribution in [2.75, 3.05) is 0 Å². The fourth-order valence-corrected chi connectivity index (χ4v) is 0.824. The lowest BCUT2D eigenvalue weighted by Crippen LogP contribution is -1.88. The summed E-state index contributed by atoms with van der Waals surface area (Å²) in [6, 6.07) is 3.48. The smallest absolute Gasteiger partial charge is 0.117 e.